The van der Waals surface area contributed by atoms with Crippen LogP contribution >= 0.6 is 0 Å². The van der Waals surface area contributed by atoms with Gasteiger partial charge >= 0.3 is 0 Å². The van der Waals surface area contributed by atoms with Crippen molar-refractivity contribution in [1.29, 1.82) is 0 Å². The Balaban J connectivity index is 1.79. The maximum absolute atomic E-state index is 8.00. The first-order valence-corrected chi connectivity index (χ1v) is 8.52. The molecule has 3 aromatic heterocycles. The maximum atomic E-state index is 8.00. The van der Waals surface area contributed by atoms with E-state index in [0.717, 1.165) is 11.3 Å². The fraction of sp³-hybridized carbons (Fsp3) is 0.316. The molecule has 1 aliphatic heterocycles. The minimum atomic E-state index is -2.25. The van der Waals surface area contributed by atoms with Gasteiger partial charge < -0.3 is 10.2 Å². The largest absolute Gasteiger partial charge is 0.361 e. The summed E-state index contributed by atoms with van der Waals surface area (Å²) in [6.45, 7) is 7.39. The number of aryl methyl sites for hydroxylation is 1. The lowest BCUT2D eigenvalue weighted by atomic mass is 10.0. The van der Waals surface area contributed by atoms with Crippen molar-refractivity contribution >= 4 is 11.6 Å². The molecule has 8 nitrogen and oxygen atoms in total. The summed E-state index contributed by atoms with van der Waals surface area (Å²) in [5.74, 6) is 1.53. The lowest BCUT2D eigenvalue weighted by Gasteiger charge is -2.41. The summed E-state index contributed by atoms with van der Waals surface area (Å²) >= 11 is 0. The molecular formula is C19H22N8. The number of nitrogens with zero attached hydrogens (tertiary/aromatic N) is 6. The summed E-state index contributed by atoms with van der Waals surface area (Å²) in [7, 11) is 0. The number of hydrogen-bond donors (Lipinski definition) is 2. The van der Waals surface area contributed by atoms with E-state index in [2.05, 4.69) is 37.0 Å². The van der Waals surface area contributed by atoms with Crippen molar-refractivity contribution < 1.29 is 4.11 Å². The number of aromatic nitrogens is 6. The molecule has 0 saturated carbocycles. The Morgan fingerprint density at radius 2 is 2.07 bits per heavy atom. The van der Waals surface area contributed by atoms with Gasteiger partial charge in [-0.2, -0.15) is 5.10 Å². The highest BCUT2D eigenvalue weighted by molar-refractivity contribution is 5.74. The van der Waals surface area contributed by atoms with Gasteiger partial charge in [-0.3, -0.25) is 5.10 Å². The molecule has 0 amide bonds. The number of nitrogens with one attached hydrogen (secondary N) is 2. The summed E-state index contributed by atoms with van der Waals surface area (Å²) in [5, 5.41) is 9.80. The van der Waals surface area contributed by atoms with Crippen molar-refractivity contribution in [3.8, 4) is 22.8 Å². The summed E-state index contributed by atoms with van der Waals surface area (Å²) < 4.78 is 24.0. The molecule has 0 fully saturated rings. The minimum Gasteiger partial charge on any atom is -0.361 e. The quantitative estimate of drug-likeness (QED) is 0.720. The van der Waals surface area contributed by atoms with E-state index in [1.165, 1.54) is 6.33 Å². The molecule has 1 aliphatic rings. The SMILES string of the molecule is [2H]C([2H])([2H])C(C)(C)N1C(=C)CNc2ncc(-c3ccc(-c4ncn[nH]4)nc3C)nc21. The molecular weight excluding hydrogens is 340 g/mol. The summed E-state index contributed by atoms with van der Waals surface area (Å²) in [6, 6.07) is 3.71. The molecule has 0 saturated heterocycles. The standard InChI is InChI=1S/C19H22N8/c1-11-8-20-17-18(27(11)19(3,4)5)25-15(9-21-17)13-6-7-14(24-12(13)2)16-22-10-23-26-16/h6-7,9-10H,1,8H2,2-5H3,(H,20,21)(H,22,23,26)/i3D3. The maximum Gasteiger partial charge on any atom is 0.177 e. The van der Waals surface area contributed by atoms with Crippen molar-refractivity contribution in [2.75, 3.05) is 16.8 Å². The Bertz CT molecular complexity index is 1110. The highest BCUT2D eigenvalue weighted by Crippen LogP contribution is 2.36. The number of anilines is 2. The van der Waals surface area contributed by atoms with Gasteiger partial charge in [-0.1, -0.05) is 6.58 Å². The molecule has 8 heteroatoms. The van der Waals surface area contributed by atoms with E-state index in [1.807, 2.05) is 19.1 Å². The monoisotopic (exact) mass is 365 g/mol. The second kappa shape index (κ2) is 6.15. The molecule has 0 atom stereocenters. The number of hydrogen-bond acceptors (Lipinski definition) is 7. The number of aromatic amines is 1. The Hall–Kier alpha value is -3.29. The Morgan fingerprint density at radius 1 is 1.22 bits per heavy atom. The molecule has 27 heavy (non-hydrogen) atoms. The molecule has 0 radical (unpaired) electrons. The molecule has 4 heterocycles. The van der Waals surface area contributed by atoms with Crippen molar-refractivity contribution in [1.82, 2.24) is 30.1 Å². The van der Waals surface area contributed by atoms with Crippen LogP contribution in [-0.4, -0.2) is 42.2 Å². The molecule has 3 aromatic rings. The minimum absolute atomic E-state index is 0.396. The fourth-order valence-corrected chi connectivity index (χ4v) is 3.16. The number of H-pyrrole nitrogens is 1. The smallest absolute Gasteiger partial charge is 0.177 e. The molecule has 138 valence electrons. The third-order valence-electron chi connectivity index (χ3n) is 4.32. The highest BCUT2D eigenvalue weighted by Gasteiger charge is 2.31. The van der Waals surface area contributed by atoms with Crippen LogP contribution in [0.25, 0.3) is 22.8 Å². The van der Waals surface area contributed by atoms with Crippen LogP contribution in [0.15, 0.2) is 36.9 Å². The van der Waals surface area contributed by atoms with E-state index in [0.29, 0.717) is 41.1 Å². The first-order valence-electron chi connectivity index (χ1n) is 10.0. The average molecular weight is 365 g/mol. The van der Waals surface area contributed by atoms with Crippen LogP contribution < -0.4 is 10.2 Å². The van der Waals surface area contributed by atoms with Gasteiger partial charge in [0.15, 0.2) is 17.5 Å². The van der Waals surface area contributed by atoms with Gasteiger partial charge in [0, 0.05) is 26.6 Å². The molecule has 0 aromatic carbocycles. The predicted octanol–water partition coefficient (Wildman–Crippen LogP) is 3.18. The second-order valence-corrected chi connectivity index (χ2v) is 6.91. The second-order valence-electron chi connectivity index (χ2n) is 6.91. The van der Waals surface area contributed by atoms with E-state index >= 15 is 0 Å². The molecule has 0 spiro atoms. The van der Waals surface area contributed by atoms with Crippen molar-refractivity contribution in [2.45, 2.75) is 33.2 Å². The van der Waals surface area contributed by atoms with E-state index in [9.17, 15) is 0 Å². The van der Waals surface area contributed by atoms with Gasteiger partial charge in [-0.05, 0) is 39.8 Å². The van der Waals surface area contributed by atoms with Crippen LogP contribution in [0, 0.1) is 6.92 Å². The molecule has 0 aliphatic carbocycles. The zero-order valence-electron chi connectivity index (χ0n) is 18.4. The Kier molecular flexibility index (Phi) is 3.16. The van der Waals surface area contributed by atoms with Crippen LogP contribution in [0.1, 0.15) is 30.5 Å². The predicted molar refractivity (Wildman–Crippen MR) is 105 cm³/mol. The third-order valence-corrected chi connectivity index (χ3v) is 4.32. The lowest BCUT2D eigenvalue weighted by Crippen LogP contribution is -2.45. The lowest BCUT2D eigenvalue weighted by molar-refractivity contribution is 0.530. The normalized spacial score (nSPS) is 16.2. The van der Waals surface area contributed by atoms with Gasteiger partial charge in [0.2, 0.25) is 0 Å². The topological polar surface area (TPSA) is 95.5 Å². The molecule has 4 rings (SSSR count). The van der Waals surface area contributed by atoms with Gasteiger partial charge in [0.05, 0.1) is 18.4 Å². The number of pyridine rings is 1. The van der Waals surface area contributed by atoms with Crippen molar-refractivity contribution in [2.24, 2.45) is 0 Å². The zero-order chi connectivity index (χ0) is 21.7. The first-order chi connectivity index (χ1) is 14.1. The molecule has 0 unspecified atom stereocenters. The zero-order valence-corrected chi connectivity index (χ0v) is 15.4. The van der Waals surface area contributed by atoms with E-state index in [-0.39, 0.29) is 0 Å². The van der Waals surface area contributed by atoms with Crippen LogP contribution in [0.5, 0.6) is 0 Å². The van der Waals surface area contributed by atoms with Crippen molar-refractivity contribution in [3.05, 3.63) is 42.6 Å². The molecule has 0 bridgehead atoms. The highest BCUT2D eigenvalue weighted by atomic mass is 15.3. The Labute approximate surface area is 162 Å². The average Bonchev–Trinajstić information content (AvgIpc) is 3.21. The van der Waals surface area contributed by atoms with Gasteiger partial charge in [-0.15, -0.1) is 0 Å². The van der Waals surface area contributed by atoms with Gasteiger partial charge in [0.25, 0.3) is 0 Å². The van der Waals surface area contributed by atoms with Crippen molar-refractivity contribution in [3.63, 3.8) is 0 Å². The summed E-state index contributed by atoms with van der Waals surface area (Å²) in [4.78, 5) is 19.6. The summed E-state index contributed by atoms with van der Waals surface area (Å²) in [6.07, 6.45) is 3.08. The van der Waals surface area contributed by atoms with E-state index in [1.54, 1.807) is 24.9 Å². The Morgan fingerprint density at radius 3 is 2.78 bits per heavy atom. The van der Waals surface area contributed by atoms with E-state index < -0.39 is 12.4 Å². The molecule has 2 N–H and O–H groups in total. The summed E-state index contributed by atoms with van der Waals surface area (Å²) in [5.41, 5.74) is 2.19. The third kappa shape index (κ3) is 3.03. The van der Waals surface area contributed by atoms with Crippen LogP contribution in [0.3, 0.4) is 0 Å². The number of fused-ring (bicyclic) bond motifs is 1. The van der Waals surface area contributed by atoms with Crippen LogP contribution in [0.2, 0.25) is 0 Å². The van der Waals surface area contributed by atoms with E-state index in [4.69, 9.17) is 9.10 Å². The van der Waals surface area contributed by atoms with Gasteiger partial charge in [-0.25, -0.2) is 19.9 Å². The van der Waals surface area contributed by atoms with Gasteiger partial charge in [0.1, 0.15) is 12.0 Å². The van der Waals surface area contributed by atoms with Crippen LogP contribution in [0.4, 0.5) is 11.6 Å². The fourth-order valence-electron chi connectivity index (χ4n) is 3.16. The van der Waals surface area contributed by atoms with Crippen LogP contribution in [-0.2, 0) is 0 Å². The number of rotatable bonds is 2. The first kappa shape index (κ1) is 13.9.